The molecule has 0 unspecified atom stereocenters. The zero-order chi connectivity index (χ0) is 17.2. The number of benzene rings is 2. The maximum absolute atomic E-state index is 6.07. The fourth-order valence-electron chi connectivity index (χ4n) is 3.72. The van der Waals surface area contributed by atoms with Gasteiger partial charge in [0.05, 0.1) is 0 Å². The largest absolute Gasteiger partial charge is 0.361 e. The quantitative estimate of drug-likeness (QED) is 0.591. The van der Waals surface area contributed by atoms with Crippen LogP contribution >= 0.6 is 11.6 Å². The highest BCUT2D eigenvalue weighted by atomic mass is 35.5. The molecule has 3 aromatic rings. The Morgan fingerprint density at radius 3 is 2.56 bits per heavy atom. The molecule has 1 fully saturated rings. The van der Waals surface area contributed by atoms with Gasteiger partial charge >= 0.3 is 0 Å². The molecule has 1 aliphatic rings. The van der Waals surface area contributed by atoms with Gasteiger partial charge in [-0.15, -0.1) is 0 Å². The van der Waals surface area contributed by atoms with Crippen LogP contribution in [-0.4, -0.2) is 30.0 Å². The van der Waals surface area contributed by atoms with Crippen molar-refractivity contribution in [2.75, 3.05) is 20.1 Å². The van der Waals surface area contributed by atoms with E-state index in [1.165, 1.54) is 48.0 Å². The molecule has 0 saturated carbocycles. The van der Waals surface area contributed by atoms with Crippen LogP contribution in [0.2, 0.25) is 5.02 Å². The summed E-state index contributed by atoms with van der Waals surface area (Å²) in [4.78, 5) is 5.87. The van der Waals surface area contributed by atoms with Gasteiger partial charge in [-0.3, -0.25) is 0 Å². The molecule has 128 valence electrons. The van der Waals surface area contributed by atoms with E-state index in [4.69, 9.17) is 11.6 Å². The molecule has 0 amide bonds. The van der Waals surface area contributed by atoms with E-state index in [1.54, 1.807) is 0 Å². The number of nitrogens with one attached hydrogen (secondary N) is 1. The summed E-state index contributed by atoms with van der Waals surface area (Å²) in [5.74, 6) is 0.664. The number of nitrogens with zero attached hydrogens (tertiary/aromatic N) is 1. The highest BCUT2D eigenvalue weighted by Gasteiger charge is 2.20. The molecule has 25 heavy (non-hydrogen) atoms. The molecule has 2 heterocycles. The third kappa shape index (κ3) is 3.65. The van der Waals surface area contributed by atoms with Crippen LogP contribution in [0.15, 0.2) is 48.7 Å². The summed E-state index contributed by atoms with van der Waals surface area (Å²) in [7, 11) is 2.21. The Bertz CT molecular complexity index is 901. The summed E-state index contributed by atoms with van der Waals surface area (Å²) in [6.07, 6.45) is 8.98. The Labute approximate surface area is 154 Å². The molecule has 0 bridgehead atoms. The highest BCUT2D eigenvalue weighted by Crippen LogP contribution is 2.33. The Morgan fingerprint density at radius 2 is 1.80 bits per heavy atom. The highest BCUT2D eigenvalue weighted by molar-refractivity contribution is 6.30. The van der Waals surface area contributed by atoms with Crippen molar-refractivity contribution < 1.29 is 0 Å². The smallest absolute Gasteiger partial charge is 0.0457 e. The fraction of sp³-hybridized carbons (Fsp3) is 0.273. The number of likely N-dealkylation sites (tertiary alicyclic amines) is 1. The average molecular weight is 351 g/mol. The zero-order valence-electron chi connectivity index (χ0n) is 14.5. The van der Waals surface area contributed by atoms with Gasteiger partial charge in [0.25, 0.3) is 0 Å². The van der Waals surface area contributed by atoms with Crippen molar-refractivity contribution in [3.8, 4) is 0 Å². The standard InChI is InChI=1S/C22H23ClN2/c1-25-11-9-18(10-12-25)21-15-24-22-8-7-17(14-20(21)22)6-5-16-3-2-4-19(23)13-16/h2-8,13-15,18,24H,9-12H2,1H3/b6-5+. The molecule has 0 spiro atoms. The van der Waals surface area contributed by atoms with Crippen molar-refractivity contribution in [1.82, 2.24) is 9.88 Å². The molecule has 1 aliphatic heterocycles. The van der Waals surface area contributed by atoms with Crippen molar-refractivity contribution in [1.29, 1.82) is 0 Å². The minimum absolute atomic E-state index is 0.664. The number of halogens is 1. The number of hydrogen-bond donors (Lipinski definition) is 1. The molecule has 2 aromatic carbocycles. The molecule has 1 saturated heterocycles. The summed E-state index contributed by atoms with van der Waals surface area (Å²) in [6, 6.07) is 14.6. The Kier molecular flexibility index (Phi) is 4.65. The summed E-state index contributed by atoms with van der Waals surface area (Å²) in [5, 5.41) is 2.13. The molecule has 0 radical (unpaired) electrons. The minimum Gasteiger partial charge on any atom is -0.361 e. The van der Waals surface area contributed by atoms with Crippen LogP contribution in [0.5, 0.6) is 0 Å². The van der Waals surface area contributed by atoms with Crippen LogP contribution in [-0.2, 0) is 0 Å². The van der Waals surface area contributed by atoms with E-state index in [0.29, 0.717) is 5.92 Å². The second kappa shape index (κ2) is 7.07. The second-order valence-corrected chi connectivity index (χ2v) is 7.45. The van der Waals surface area contributed by atoms with E-state index < -0.39 is 0 Å². The van der Waals surface area contributed by atoms with Crippen LogP contribution in [0.25, 0.3) is 23.1 Å². The van der Waals surface area contributed by atoms with E-state index >= 15 is 0 Å². The lowest BCUT2D eigenvalue weighted by molar-refractivity contribution is 0.256. The lowest BCUT2D eigenvalue weighted by Crippen LogP contribution is -2.29. The van der Waals surface area contributed by atoms with Crippen LogP contribution in [0.4, 0.5) is 0 Å². The number of aromatic nitrogens is 1. The van der Waals surface area contributed by atoms with Gasteiger partial charge < -0.3 is 9.88 Å². The van der Waals surface area contributed by atoms with Crippen molar-refractivity contribution in [3.05, 3.63) is 70.4 Å². The summed E-state index contributed by atoms with van der Waals surface area (Å²) < 4.78 is 0. The number of fused-ring (bicyclic) bond motifs is 1. The van der Waals surface area contributed by atoms with Crippen molar-refractivity contribution in [3.63, 3.8) is 0 Å². The van der Waals surface area contributed by atoms with E-state index in [1.807, 2.05) is 18.2 Å². The first-order chi connectivity index (χ1) is 12.2. The summed E-state index contributed by atoms with van der Waals surface area (Å²) >= 11 is 6.07. The van der Waals surface area contributed by atoms with Crippen molar-refractivity contribution in [2.45, 2.75) is 18.8 Å². The molecule has 0 aliphatic carbocycles. The first-order valence-electron chi connectivity index (χ1n) is 8.92. The van der Waals surface area contributed by atoms with Gasteiger partial charge in [0.2, 0.25) is 0 Å². The van der Waals surface area contributed by atoms with Gasteiger partial charge in [-0.05, 0) is 79.9 Å². The van der Waals surface area contributed by atoms with Gasteiger partial charge in [0, 0.05) is 22.1 Å². The Morgan fingerprint density at radius 1 is 1.04 bits per heavy atom. The lowest BCUT2D eigenvalue weighted by Gasteiger charge is -2.28. The third-order valence-electron chi connectivity index (χ3n) is 5.21. The molecular formula is C22H23ClN2. The zero-order valence-corrected chi connectivity index (χ0v) is 15.3. The maximum atomic E-state index is 6.07. The SMILES string of the molecule is CN1CCC(c2c[nH]c3ccc(/C=C/c4cccc(Cl)c4)cc23)CC1. The summed E-state index contributed by atoms with van der Waals surface area (Å²) in [5.41, 5.74) is 5.05. The Hall–Kier alpha value is -2.03. The molecule has 1 N–H and O–H groups in total. The number of rotatable bonds is 3. The van der Waals surface area contributed by atoms with E-state index in [0.717, 1.165) is 10.6 Å². The Balaban J connectivity index is 1.62. The summed E-state index contributed by atoms with van der Waals surface area (Å²) in [6.45, 7) is 2.37. The van der Waals surface area contributed by atoms with Gasteiger partial charge in [0.15, 0.2) is 0 Å². The first-order valence-corrected chi connectivity index (χ1v) is 9.30. The number of H-pyrrole nitrogens is 1. The lowest BCUT2D eigenvalue weighted by atomic mass is 9.89. The van der Waals surface area contributed by atoms with Gasteiger partial charge in [-0.25, -0.2) is 0 Å². The molecule has 2 nitrogen and oxygen atoms in total. The van der Waals surface area contributed by atoms with Crippen LogP contribution in [0, 0.1) is 0 Å². The topological polar surface area (TPSA) is 19.0 Å². The van der Waals surface area contributed by atoms with E-state index in [2.05, 4.69) is 59.5 Å². The molecular weight excluding hydrogens is 328 g/mol. The normalized spacial score (nSPS) is 16.9. The second-order valence-electron chi connectivity index (χ2n) is 7.01. The predicted octanol–water partition coefficient (Wildman–Crippen LogP) is 5.80. The van der Waals surface area contributed by atoms with Crippen LogP contribution < -0.4 is 0 Å². The van der Waals surface area contributed by atoms with Crippen LogP contribution in [0.1, 0.15) is 35.4 Å². The number of piperidine rings is 1. The molecule has 4 rings (SSSR count). The number of aromatic amines is 1. The van der Waals surface area contributed by atoms with Crippen molar-refractivity contribution in [2.24, 2.45) is 0 Å². The van der Waals surface area contributed by atoms with Gasteiger partial charge in [-0.2, -0.15) is 0 Å². The van der Waals surface area contributed by atoms with E-state index in [9.17, 15) is 0 Å². The van der Waals surface area contributed by atoms with Crippen molar-refractivity contribution >= 4 is 34.7 Å². The molecule has 3 heteroatoms. The maximum Gasteiger partial charge on any atom is 0.0457 e. The third-order valence-corrected chi connectivity index (χ3v) is 5.45. The van der Waals surface area contributed by atoms with Gasteiger partial charge in [0.1, 0.15) is 0 Å². The molecule has 0 atom stereocenters. The molecule has 1 aromatic heterocycles. The minimum atomic E-state index is 0.664. The number of hydrogen-bond acceptors (Lipinski definition) is 1. The fourth-order valence-corrected chi connectivity index (χ4v) is 3.92. The van der Waals surface area contributed by atoms with Crippen LogP contribution in [0.3, 0.4) is 0 Å². The van der Waals surface area contributed by atoms with E-state index in [-0.39, 0.29) is 0 Å². The average Bonchev–Trinajstić information content (AvgIpc) is 3.04. The predicted molar refractivity (Wildman–Crippen MR) is 108 cm³/mol. The monoisotopic (exact) mass is 350 g/mol. The van der Waals surface area contributed by atoms with Gasteiger partial charge in [-0.1, -0.05) is 42.0 Å². The first kappa shape index (κ1) is 16.4.